The fourth-order valence-electron chi connectivity index (χ4n) is 8.48. The molecule has 1 N–H and O–H groups in total. The van der Waals surface area contributed by atoms with Gasteiger partial charge in [-0.2, -0.15) is 13.2 Å². The van der Waals surface area contributed by atoms with Gasteiger partial charge in [0.05, 0.1) is 41.7 Å². The molecule has 7 atom stereocenters. The maximum atomic E-state index is 15.1. The molecule has 2 aliphatic carbocycles. The number of allylic oxidation sites excluding steroid dienone is 2. The lowest BCUT2D eigenvalue weighted by Gasteiger charge is -2.34. The summed E-state index contributed by atoms with van der Waals surface area (Å²) in [6, 6.07) is 2.92. The Bertz CT molecular complexity index is 2250. The van der Waals surface area contributed by atoms with Crippen molar-refractivity contribution in [2.24, 2.45) is 29.1 Å². The molecule has 0 unspecified atom stereocenters. The first kappa shape index (κ1) is 41.1. The van der Waals surface area contributed by atoms with Gasteiger partial charge < -0.3 is 19.1 Å². The summed E-state index contributed by atoms with van der Waals surface area (Å²) < 4.78 is 124. The quantitative estimate of drug-likeness (QED) is 0.137. The molecule has 4 aliphatic rings. The number of sulfonamides is 1. The number of ketones is 1. The van der Waals surface area contributed by atoms with Crippen LogP contribution in [0.2, 0.25) is 0 Å². The van der Waals surface area contributed by atoms with Gasteiger partial charge in [-0.15, -0.1) is 0 Å². The van der Waals surface area contributed by atoms with E-state index in [4.69, 9.17) is 18.3 Å². The zero-order chi connectivity index (χ0) is 46.5. The zero-order valence-corrected chi connectivity index (χ0v) is 35.2. The van der Waals surface area contributed by atoms with Gasteiger partial charge in [0.2, 0.25) is 33.3 Å². The monoisotopic (exact) mass is 868 g/mol. The van der Waals surface area contributed by atoms with Gasteiger partial charge in [0.15, 0.2) is 17.3 Å². The van der Waals surface area contributed by atoms with Gasteiger partial charge in [-0.05, 0) is 107 Å². The molecule has 0 radical (unpaired) electrons. The number of hydrogen-bond donors (Lipinski definition) is 1. The van der Waals surface area contributed by atoms with E-state index < -0.39 is 111 Å². The van der Waals surface area contributed by atoms with Crippen LogP contribution in [-0.2, 0) is 33.9 Å². The molecule has 1 aromatic carbocycles. The lowest BCUT2D eigenvalue weighted by Crippen LogP contribution is -2.49. The third-order valence-corrected chi connectivity index (χ3v) is 14.4. The summed E-state index contributed by atoms with van der Waals surface area (Å²) in [6.45, 7) is 3.82. The van der Waals surface area contributed by atoms with Crippen molar-refractivity contribution in [1.29, 1.82) is 0 Å². The summed E-state index contributed by atoms with van der Waals surface area (Å²) in [5, 5.41) is 0.760. The highest BCUT2D eigenvalue weighted by Crippen LogP contribution is 2.58. The molecule has 6 rings (SSSR count). The number of carbonyl (C=O) groups excluding carboxylic acids is 4. The van der Waals surface area contributed by atoms with E-state index in [9.17, 15) is 36.0 Å². The molecule has 1 saturated heterocycles. The summed E-state index contributed by atoms with van der Waals surface area (Å²) in [5.41, 5.74) is -4.50. The van der Waals surface area contributed by atoms with Gasteiger partial charge in [-0.3, -0.25) is 23.9 Å². The highest BCUT2D eigenvalue weighted by atomic mass is 32.2. The highest BCUT2D eigenvalue weighted by Gasteiger charge is 2.63. The second-order valence-corrected chi connectivity index (χ2v) is 19.4. The number of benzene rings is 1. The number of Topliss-reactive ketones (excluding diaryl/α,β-unsaturated/α-hetero) is 1. The van der Waals surface area contributed by atoms with Gasteiger partial charge in [0, 0.05) is 28.5 Å². The number of ether oxygens (including phenoxy) is 3. The molecular weight excluding hydrogens is 811 g/mol. The summed E-state index contributed by atoms with van der Waals surface area (Å²) in [6.07, 6.45) is -0.953. The van der Waals surface area contributed by atoms with Crippen molar-refractivity contribution in [3.8, 4) is 11.6 Å². The number of aromatic nitrogens is 1. The van der Waals surface area contributed by atoms with Crippen molar-refractivity contribution >= 4 is 44.4 Å². The Balaban J connectivity index is 1.38. The third-order valence-electron chi connectivity index (χ3n) is 12.5. The second kappa shape index (κ2) is 16.9. The van der Waals surface area contributed by atoms with Gasteiger partial charge in [-0.25, -0.2) is 17.8 Å². The minimum atomic E-state index is -4.92. The van der Waals surface area contributed by atoms with Gasteiger partial charge >= 0.3 is 12.1 Å². The topological polar surface area (TPSA) is 158 Å². The molecule has 2 aromatic rings. The van der Waals surface area contributed by atoms with E-state index in [1.807, 2.05) is 17.7 Å². The van der Waals surface area contributed by atoms with Crippen LogP contribution in [0.4, 0.5) is 17.6 Å². The zero-order valence-electron chi connectivity index (χ0n) is 37.4. The van der Waals surface area contributed by atoms with Crippen LogP contribution in [0.15, 0.2) is 36.5 Å². The van der Waals surface area contributed by atoms with E-state index in [1.165, 1.54) is 23.2 Å². The van der Waals surface area contributed by atoms with Crippen molar-refractivity contribution in [3.63, 3.8) is 0 Å². The minimum absolute atomic E-state index is 0.00204. The van der Waals surface area contributed by atoms with E-state index >= 15 is 9.18 Å². The van der Waals surface area contributed by atoms with Crippen molar-refractivity contribution < 1.29 is 63.5 Å². The Hall–Kier alpha value is -4.28. The van der Waals surface area contributed by atoms with Crippen LogP contribution in [-0.4, -0.2) is 83.7 Å². The third kappa shape index (κ3) is 9.30. The lowest BCUT2D eigenvalue weighted by atomic mass is 9.79. The number of amides is 2. The van der Waals surface area contributed by atoms with Crippen LogP contribution in [0.5, 0.6) is 11.6 Å². The lowest BCUT2D eigenvalue weighted by molar-refractivity contribution is -0.257. The first-order chi connectivity index (χ1) is 29.3. The molecule has 2 aliphatic heterocycles. The molecule has 330 valence electrons. The van der Waals surface area contributed by atoms with Crippen molar-refractivity contribution in [2.45, 2.75) is 134 Å². The Labute approximate surface area is 352 Å². The maximum Gasteiger partial charge on any atom is 0.427 e. The molecule has 0 spiro atoms. The first-order valence-corrected chi connectivity index (χ1v) is 22.0. The van der Waals surface area contributed by atoms with E-state index in [2.05, 4.69) is 4.98 Å². The number of fused-ring (bicyclic) bond motifs is 3. The van der Waals surface area contributed by atoms with Crippen molar-refractivity contribution in [1.82, 2.24) is 14.6 Å². The van der Waals surface area contributed by atoms with E-state index in [-0.39, 0.29) is 61.8 Å². The number of rotatable bonds is 11. The molecule has 2 saturated carbocycles. The molecule has 60 heavy (non-hydrogen) atoms. The van der Waals surface area contributed by atoms with Crippen LogP contribution in [0.1, 0.15) is 110 Å². The fourth-order valence-corrected chi connectivity index (χ4v) is 9.77. The Morgan fingerprint density at radius 2 is 1.87 bits per heavy atom. The molecule has 1 aromatic heterocycles. The standard InChI is InChI=1S/C43H55F4N3O9S/c1-7-26-17-25(3)11-9-10-12-28-22-42(28,39(54)49-60(55,56)41(6)14-15-41)23-34(51)33-19-29(58-37-30-20-32(44)35(57-8-2)18-27(30)13-16-48-37)24-50(33)38(53)31(26)21-36(52)59-40(4,5)43(45,46)47/h10,12-13,16,18,20,25-26,28-29,31,33H,7-9,11,14-15,17,19,21-24H2,1-6H3,(H,49,54)/b12-10-/t25-,26+,28+,29+,31-,33-,42+/m0/s1/i6D3. The molecule has 17 heteroatoms. The largest absolute Gasteiger partial charge is 0.491 e. The molecular formula is C43H55F4N3O9S. The smallest absolute Gasteiger partial charge is 0.427 e. The number of nitrogens with one attached hydrogen (secondary N) is 1. The van der Waals surface area contributed by atoms with E-state index in [1.54, 1.807) is 26.0 Å². The number of hydrogen-bond acceptors (Lipinski definition) is 10. The summed E-state index contributed by atoms with van der Waals surface area (Å²) in [4.78, 5) is 62.8. The van der Waals surface area contributed by atoms with Crippen molar-refractivity contribution in [2.75, 3.05) is 13.2 Å². The highest BCUT2D eigenvalue weighted by molar-refractivity contribution is 7.91. The number of carbonyl (C=O) groups is 4. The Morgan fingerprint density at radius 1 is 1.13 bits per heavy atom. The summed E-state index contributed by atoms with van der Waals surface area (Å²) >= 11 is 0. The van der Waals surface area contributed by atoms with Gasteiger partial charge in [0.1, 0.15) is 6.10 Å². The first-order valence-electron chi connectivity index (χ1n) is 22.0. The molecule has 0 bridgehead atoms. The predicted molar refractivity (Wildman–Crippen MR) is 213 cm³/mol. The van der Waals surface area contributed by atoms with Crippen LogP contribution in [0, 0.1) is 34.9 Å². The minimum Gasteiger partial charge on any atom is -0.491 e. The van der Waals surface area contributed by atoms with Gasteiger partial charge in [-0.1, -0.05) is 32.4 Å². The van der Waals surface area contributed by atoms with Crippen LogP contribution in [0.25, 0.3) is 10.8 Å². The number of nitrogens with zero attached hydrogens (tertiary/aromatic N) is 2. The van der Waals surface area contributed by atoms with Gasteiger partial charge in [0.25, 0.3) is 0 Å². The van der Waals surface area contributed by atoms with E-state index in [0.717, 1.165) is 0 Å². The Morgan fingerprint density at radius 3 is 2.52 bits per heavy atom. The average Bonchev–Trinajstić information content (AvgIpc) is 4.09. The SMILES string of the molecule is [2H]C([2H])([2H])C1(S(=O)(=O)NC(=O)[C@]23CC(=O)[C@@H]4C[C@@H](Oc5nccc6cc(OCC)c(F)cc56)CN4C(=O)[C@@H](CC(=O)OC(C)(C)C(F)(F)F)[C@H](CC)C[C@@H](C)CC/C=C\[C@@H]2C3)CC1. The van der Waals surface area contributed by atoms with E-state index in [0.29, 0.717) is 44.9 Å². The van der Waals surface area contributed by atoms with Crippen LogP contribution in [0.3, 0.4) is 0 Å². The van der Waals surface area contributed by atoms with Crippen molar-refractivity contribution in [3.05, 3.63) is 42.4 Å². The maximum absolute atomic E-state index is 15.1. The molecule has 12 nitrogen and oxygen atoms in total. The normalized spacial score (nSPS) is 30.0. The fraction of sp³-hybridized carbons (Fsp3) is 0.651. The molecule has 3 heterocycles. The summed E-state index contributed by atoms with van der Waals surface area (Å²) in [5.74, 6) is -6.92. The molecule has 3 fully saturated rings. The Kier molecular flexibility index (Phi) is 11.6. The number of pyridine rings is 1. The van der Waals surface area contributed by atoms with Crippen LogP contribution < -0.4 is 14.2 Å². The number of alkyl halides is 3. The summed E-state index contributed by atoms with van der Waals surface area (Å²) in [7, 11) is -4.74. The number of esters is 1. The second-order valence-electron chi connectivity index (χ2n) is 17.4. The predicted octanol–water partition coefficient (Wildman–Crippen LogP) is 7.38. The van der Waals surface area contributed by atoms with Crippen LogP contribution >= 0.6 is 0 Å². The molecule has 2 amide bonds. The number of halogens is 4. The average molecular weight is 869 g/mol.